The fraction of sp³-hybridized carbons (Fsp3) is 0.120. The molecule has 29 heavy (non-hydrogen) atoms. The third-order valence-corrected chi connectivity index (χ3v) is 4.37. The molecule has 0 atom stereocenters. The van der Waals surface area contributed by atoms with Gasteiger partial charge in [0.05, 0.1) is 5.56 Å². The van der Waals surface area contributed by atoms with Crippen LogP contribution >= 0.6 is 0 Å². The van der Waals surface area contributed by atoms with Crippen molar-refractivity contribution in [2.45, 2.75) is 20.8 Å². The van der Waals surface area contributed by atoms with Crippen LogP contribution in [-0.4, -0.2) is 0 Å². The molecule has 0 aliphatic carbocycles. The number of hydrogen-bond donors (Lipinski definition) is 0. The van der Waals surface area contributed by atoms with Crippen molar-refractivity contribution in [2.24, 2.45) is 0 Å². The maximum atomic E-state index is 13.9. The van der Waals surface area contributed by atoms with Crippen molar-refractivity contribution in [1.82, 2.24) is 0 Å². The van der Waals surface area contributed by atoms with Gasteiger partial charge in [0, 0.05) is 22.3 Å². The Bertz CT molecular complexity index is 1190. The van der Waals surface area contributed by atoms with Gasteiger partial charge in [0.15, 0.2) is 0 Å². The molecule has 0 N–H and O–H groups in total. The zero-order valence-electron chi connectivity index (χ0n) is 16.1. The van der Waals surface area contributed by atoms with E-state index >= 15 is 0 Å². The minimum Gasteiger partial charge on any atom is -0.207 e. The molecule has 0 aromatic heterocycles. The summed E-state index contributed by atoms with van der Waals surface area (Å²) in [5.41, 5.74) is 2.39. The Morgan fingerprint density at radius 2 is 1.17 bits per heavy atom. The molecule has 0 unspecified atom stereocenters. The van der Waals surface area contributed by atoms with Crippen molar-refractivity contribution in [3.8, 4) is 23.7 Å². The molecule has 0 aliphatic rings. The normalized spacial score (nSPS) is 10.0. The van der Waals surface area contributed by atoms with Gasteiger partial charge in [0.2, 0.25) is 0 Å². The molecule has 0 amide bonds. The summed E-state index contributed by atoms with van der Waals surface area (Å²) in [5, 5.41) is 0. The Morgan fingerprint density at radius 3 is 1.76 bits per heavy atom. The molecule has 0 spiro atoms. The van der Waals surface area contributed by atoms with Crippen LogP contribution < -0.4 is 0 Å². The maximum Gasteiger partial charge on any atom is 0.142 e. The van der Waals surface area contributed by atoms with Crippen molar-refractivity contribution in [2.75, 3.05) is 0 Å². The first kappa shape index (κ1) is 20.2. The zero-order valence-corrected chi connectivity index (χ0v) is 16.1. The number of aryl methyl sites for hydroxylation is 2. The number of hydrogen-bond acceptors (Lipinski definition) is 0. The minimum atomic E-state index is -0.701. The van der Waals surface area contributed by atoms with Gasteiger partial charge in [-0.25, -0.2) is 17.6 Å². The van der Waals surface area contributed by atoms with Crippen LogP contribution in [0.1, 0.15) is 38.9 Å². The van der Waals surface area contributed by atoms with Gasteiger partial charge in [0.1, 0.15) is 23.3 Å². The Balaban J connectivity index is 1.88. The van der Waals surface area contributed by atoms with E-state index in [0.29, 0.717) is 16.7 Å². The third-order valence-electron chi connectivity index (χ3n) is 4.37. The molecule has 0 saturated carbocycles. The zero-order chi connectivity index (χ0) is 21.1. The summed E-state index contributed by atoms with van der Waals surface area (Å²) in [7, 11) is 0. The molecule has 0 bridgehead atoms. The van der Waals surface area contributed by atoms with Crippen LogP contribution in [0.3, 0.4) is 0 Å². The molecule has 144 valence electrons. The first-order chi connectivity index (χ1) is 13.7. The first-order valence-electron chi connectivity index (χ1n) is 8.80. The lowest BCUT2D eigenvalue weighted by Crippen LogP contribution is -1.92. The van der Waals surface area contributed by atoms with Gasteiger partial charge < -0.3 is 0 Å². The van der Waals surface area contributed by atoms with Gasteiger partial charge in [0.25, 0.3) is 0 Å². The molecular formula is C25H16F4. The Morgan fingerprint density at radius 1 is 0.586 bits per heavy atom. The topological polar surface area (TPSA) is 0 Å². The SMILES string of the molecule is Cc1cc(F)c(C#Cc2ccc(C#Cc3cc(F)c(C)c(F)c3)cc2C)c(F)c1. The molecular weight excluding hydrogens is 376 g/mol. The molecule has 0 saturated heterocycles. The highest BCUT2D eigenvalue weighted by molar-refractivity contribution is 5.52. The van der Waals surface area contributed by atoms with Crippen LogP contribution in [-0.2, 0) is 0 Å². The summed E-state index contributed by atoms with van der Waals surface area (Å²) in [6.45, 7) is 4.76. The monoisotopic (exact) mass is 392 g/mol. The van der Waals surface area contributed by atoms with Crippen LogP contribution in [0.15, 0.2) is 42.5 Å². The van der Waals surface area contributed by atoms with E-state index in [1.807, 2.05) is 0 Å². The Hall–Kier alpha value is -3.50. The van der Waals surface area contributed by atoms with E-state index in [2.05, 4.69) is 23.7 Å². The fourth-order valence-corrected chi connectivity index (χ4v) is 2.69. The summed E-state index contributed by atoms with van der Waals surface area (Å²) in [4.78, 5) is 0. The van der Waals surface area contributed by atoms with E-state index in [-0.39, 0.29) is 16.7 Å². The van der Waals surface area contributed by atoms with Gasteiger partial charge in [-0.1, -0.05) is 23.7 Å². The standard InChI is InChI=1S/C25H16F4/c1-15-10-24(28)21(25(29)11-15)9-8-20-7-6-18(12-16(20)2)4-5-19-13-22(26)17(3)23(27)14-19/h6-7,10-14H,1-3H3. The summed E-state index contributed by atoms with van der Waals surface area (Å²) < 4.78 is 55.0. The summed E-state index contributed by atoms with van der Waals surface area (Å²) in [5.74, 6) is 8.20. The molecule has 0 nitrogen and oxygen atoms in total. The quantitative estimate of drug-likeness (QED) is 0.327. The van der Waals surface area contributed by atoms with E-state index in [1.165, 1.54) is 31.2 Å². The number of benzene rings is 3. The maximum absolute atomic E-state index is 13.9. The van der Waals surface area contributed by atoms with Crippen LogP contribution in [0.5, 0.6) is 0 Å². The van der Waals surface area contributed by atoms with Gasteiger partial charge in [-0.15, -0.1) is 0 Å². The smallest absolute Gasteiger partial charge is 0.142 e. The molecule has 0 radical (unpaired) electrons. The molecule has 4 heteroatoms. The largest absolute Gasteiger partial charge is 0.207 e. The third kappa shape index (κ3) is 4.68. The van der Waals surface area contributed by atoms with Crippen LogP contribution in [0.2, 0.25) is 0 Å². The Labute approximate surface area is 167 Å². The van der Waals surface area contributed by atoms with E-state index in [4.69, 9.17) is 0 Å². The second-order valence-corrected chi connectivity index (χ2v) is 6.70. The first-order valence-corrected chi connectivity index (χ1v) is 8.80. The predicted octanol–water partition coefficient (Wildman–Crippen LogP) is 5.97. The van der Waals surface area contributed by atoms with Gasteiger partial charge in [-0.2, -0.15) is 0 Å². The second-order valence-electron chi connectivity index (χ2n) is 6.70. The molecule has 3 aromatic carbocycles. The van der Waals surface area contributed by atoms with Crippen molar-refractivity contribution >= 4 is 0 Å². The van der Waals surface area contributed by atoms with Crippen LogP contribution in [0.25, 0.3) is 0 Å². The van der Waals surface area contributed by atoms with Crippen molar-refractivity contribution in [3.05, 3.63) is 105 Å². The summed E-state index contributed by atoms with van der Waals surface area (Å²) >= 11 is 0. The molecule has 0 fully saturated rings. The van der Waals surface area contributed by atoms with Gasteiger partial charge >= 0.3 is 0 Å². The summed E-state index contributed by atoms with van der Waals surface area (Å²) in [6.07, 6.45) is 0. The van der Waals surface area contributed by atoms with Crippen molar-refractivity contribution in [3.63, 3.8) is 0 Å². The molecule has 0 aliphatic heterocycles. The average molecular weight is 392 g/mol. The average Bonchev–Trinajstić information content (AvgIpc) is 2.64. The van der Waals surface area contributed by atoms with E-state index in [0.717, 1.165) is 5.56 Å². The van der Waals surface area contributed by atoms with Gasteiger partial charge in [-0.3, -0.25) is 0 Å². The molecule has 3 rings (SSSR count). The second kappa shape index (κ2) is 8.25. The highest BCUT2D eigenvalue weighted by Gasteiger charge is 2.08. The number of halogens is 4. The molecule has 3 aromatic rings. The van der Waals surface area contributed by atoms with E-state index in [9.17, 15) is 17.6 Å². The van der Waals surface area contributed by atoms with Gasteiger partial charge in [-0.05, 0) is 74.4 Å². The number of rotatable bonds is 0. The minimum absolute atomic E-state index is 0.0456. The van der Waals surface area contributed by atoms with Crippen molar-refractivity contribution in [1.29, 1.82) is 0 Å². The lowest BCUT2D eigenvalue weighted by molar-refractivity contribution is 0.567. The predicted molar refractivity (Wildman–Crippen MR) is 105 cm³/mol. The lowest BCUT2D eigenvalue weighted by atomic mass is 10.0. The highest BCUT2D eigenvalue weighted by Crippen LogP contribution is 2.16. The van der Waals surface area contributed by atoms with Crippen LogP contribution in [0, 0.1) is 67.7 Å². The van der Waals surface area contributed by atoms with E-state index < -0.39 is 23.3 Å². The van der Waals surface area contributed by atoms with E-state index in [1.54, 1.807) is 32.0 Å². The Kier molecular flexibility index (Phi) is 5.76. The highest BCUT2D eigenvalue weighted by atomic mass is 19.1. The summed E-state index contributed by atoms with van der Waals surface area (Å²) in [6, 6.07) is 9.95. The van der Waals surface area contributed by atoms with Crippen molar-refractivity contribution < 1.29 is 17.6 Å². The van der Waals surface area contributed by atoms with Crippen LogP contribution in [0.4, 0.5) is 17.6 Å². The lowest BCUT2D eigenvalue weighted by Gasteiger charge is -2.01. The fourth-order valence-electron chi connectivity index (χ4n) is 2.69. The molecule has 0 heterocycles.